The van der Waals surface area contributed by atoms with E-state index in [1.54, 1.807) is 0 Å². The normalized spacial score (nSPS) is 10.9. The fraction of sp³-hybridized carbons (Fsp3) is 0.571. The van der Waals surface area contributed by atoms with E-state index in [0.29, 0.717) is 10.4 Å². The summed E-state index contributed by atoms with van der Waals surface area (Å²) in [6, 6.07) is 0. The third-order valence-corrected chi connectivity index (χ3v) is 2.33. The molecule has 1 heterocycles. The van der Waals surface area contributed by atoms with Gasteiger partial charge in [0, 0.05) is 0 Å². The van der Waals surface area contributed by atoms with Crippen molar-refractivity contribution in [1.29, 1.82) is 0 Å². The molecule has 0 aromatic carbocycles. The van der Waals surface area contributed by atoms with E-state index < -0.39 is 0 Å². The van der Waals surface area contributed by atoms with Crippen LogP contribution in [0.4, 0.5) is 5.00 Å². The zero-order valence-corrected chi connectivity index (χ0v) is 8.17. The maximum Gasteiger partial charge on any atom is 0.185 e. The van der Waals surface area contributed by atoms with E-state index in [9.17, 15) is 0 Å². The van der Waals surface area contributed by atoms with Crippen LogP contribution < -0.4 is 5.73 Å². The average molecular weight is 191 g/mol. The van der Waals surface area contributed by atoms with Gasteiger partial charge < -0.3 is 5.73 Å². The zero-order valence-electron chi connectivity index (χ0n) is 6.60. The zero-order chi connectivity index (χ0) is 8.43. The average Bonchev–Trinajstić information content (AvgIpc) is 2.09. The molecule has 1 aromatic heterocycles. The highest BCUT2D eigenvalue weighted by Gasteiger charge is 2.07. The van der Waals surface area contributed by atoms with Gasteiger partial charge in [-0.25, -0.2) is 4.98 Å². The van der Waals surface area contributed by atoms with E-state index >= 15 is 0 Å². The van der Waals surface area contributed by atoms with Crippen LogP contribution in [0.2, 0.25) is 4.47 Å². The monoisotopic (exact) mass is 190 g/mol. The molecule has 0 aliphatic heterocycles. The molecule has 0 saturated heterocycles. The van der Waals surface area contributed by atoms with Crippen LogP contribution >= 0.6 is 22.9 Å². The topological polar surface area (TPSA) is 38.9 Å². The van der Waals surface area contributed by atoms with Crippen molar-refractivity contribution in [3.8, 4) is 0 Å². The molecule has 1 aromatic rings. The van der Waals surface area contributed by atoms with E-state index in [1.807, 2.05) is 0 Å². The Bertz CT molecular complexity index is 245. The van der Waals surface area contributed by atoms with E-state index in [1.165, 1.54) is 11.3 Å². The van der Waals surface area contributed by atoms with Crippen LogP contribution in [0.5, 0.6) is 0 Å². The minimum Gasteiger partial charge on any atom is -0.389 e. The van der Waals surface area contributed by atoms with Gasteiger partial charge in [0.1, 0.15) is 5.00 Å². The second kappa shape index (κ2) is 3.41. The predicted molar refractivity (Wildman–Crippen MR) is 50.1 cm³/mol. The highest BCUT2D eigenvalue weighted by atomic mass is 35.5. The van der Waals surface area contributed by atoms with Crippen molar-refractivity contribution in [1.82, 2.24) is 4.98 Å². The highest BCUT2D eigenvalue weighted by Crippen LogP contribution is 2.26. The summed E-state index contributed by atoms with van der Waals surface area (Å²) in [4.78, 5) is 4.11. The number of rotatable bonds is 2. The van der Waals surface area contributed by atoms with E-state index in [4.69, 9.17) is 17.3 Å². The Morgan fingerprint density at radius 3 is 2.64 bits per heavy atom. The van der Waals surface area contributed by atoms with Gasteiger partial charge >= 0.3 is 0 Å². The maximum absolute atomic E-state index is 5.68. The van der Waals surface area contributed by atoms with Crippen LogP contribution in [0.1, 0.15) is 19.5 Å². The molecule has 0 spiro atoms. The van der Waals surface area contributed by atoms with Gasteiger partial charge in [-0.05, 0) is 12.3 Å². The summed E-state index contributed by atoms with van der Waals surface area (Å²) in [5, 5.41) is 0.753. The van der Waals surface area contributed by atoms with Gasteiger partial charge in [0.05, 0.1) is 5.69 Å². The van der Waals surface area contributed by atoms with Crippen molar-refractivity contribution in [2.24, 2.45) is 5.92 Å². The lowest BCUT2D eigenvalue weighted by Gasteiger charge is -2.00. The second-order valence-corrected chi connectivity index (χ2v) is 4.49. The minimum atomic E-state index is 0.540. The molecule has 0 atom stereocenters. The molecule has 4 heteroatoms. The van der Waals surface area contributed by atoms with Crippen molar-refractivity contribution >= 4 is 27.9 Å². The summed E-state index contributed by atoms with van der Waals surface area (Å²) in [6.07, 6.45) is 0.912. The van der Waals surface area contributed by atoms with Crippen LogP contribution in [0, 0.1) is 5.92 Å². The summed E-state index contributed by atoms with van der Waals surface area (Å²) in [7, 11) is 0. The lowest BCUT2D eigenvalue weighted by molar-refractivity contribution is 0.639. The van der Waals surface area contributed by atoms with E-state index in [2.05, 4.69) is 18.8 Å². The molecule has 0 fully saturated rings. The van der Waals surface area contributed by atoms with Gasteiger partial charge in [-0.1, -0.05) is 36.8 Å². The summed E-state index contributed by atoms with van der Waals surface area (Å²) in [5.74, 6) is 0.579. The summed E-state index contributed by atoms with van der Waals surface area (Å²) >= 11 is 7.02. The smallest absolute Gasteiger partial charge is 0.185 e. The molecule has 0 aliphatic carbocycles. The number of hydrogen-bond donors (Lipinski definition) is 1. The van der Waals surface area contributed by atoms with Crippen molar-refractivity contribution in [2.45, 2.75) is 20.3 Å². The first-order chi connectivity index (χ1) is 5.09. The molecule has 0 bridgehead atoms. The second-order valence-electron chi connectivity index (χ2n) is 2.88. The summed E-state index contributed by atoms with van der Waals surface area (Å²) < 4.78 is 0.540. The lowest BCUT2D eigenvalue weighted by Crippen LogP contribution is -1.97. The van der Waals surface area contributed by atoms with Gasteiger partial charge in [0.15, 0.2) is 4.47 Å². The quantitative estimate of drug-likeness (QED) is 0.779. The molecule has 2 N–H and O–H groups in total. The third kappa shape index (κ3) is 2.34. The number of halogens is 1. The molecule has 62 valence electrons. The standard InChI is InChI=1S/C7H11ClN2S/c1-4(2)3-5-6(9)11-7(8)10-5/h4H,3,9H2,1-2H3. The van der Waals surface area contributed by atoms with Crippen molar-refractivity contribution < 1.29 is 0 Å². The third-order valence-electron chi connectivity index (χ3n) is 1.30. The molecular formula is C7H11ClN2S. The molecule has 0 aliphatic rings. The van der Waals surface area contributed by atoms with Crippen molar-refractivity contribution in [2.75, 3.05) is 5.73 Å². The first-order valence-electron chi connectivity index (χ1n) is 3.50. The molecule has 11 heavy (non-hydrogen) atoms. The van der Waals surface area contributed by atoms with Crippen LogP contribution in [0.25, 0.3) is 0 Å². The lowest BCUT2D eigenvalue weighted by atomic mass is 10.1. The number of aromatic nitrogens is 1. The predicted octanol–water partition coefficient (Wildman–Crippen LogP) is 2.58. The molecule has 2 nitrogen and oxygen atoms in total. The van der Waals surface area contributed by atoms with Crippen molar-refractivity contribution in [3.05, 3.63) is 10.2 Å². The number of nitrogen functional groups attached to an aromatic ring is 1. The van der Waals surface area contributed by atoms with Crippen LogP contribution in [0.15, 0.2) is 0 Å². The molecule has 0 saturated carbocycles. The summed E-state index contributed by atoms with van der Waals surface area (Å²) in [5.41, 5.74) is 6.60. The SMILES string of the molecule is CC(C)Cc1nc(Cl)sc1N. The Morgan fingerprint density at radius 1 is 1.64 bits per heavy atom. The Hall–Kier alpha value is -0.280. The van der Waals surface area contributed by atoms with E-state index in [-0.39, 0.29) is 0 Å². The number of nitrogens with zero attached hydrogens (tertiary/aromatic N) is 1. The van der Waals surface area contributed by atoms with E-state index in [0.717, 1.165) is 17.1 Å². The maximum atomic E-state index is 5.68. The number of thiazole rings is 1. The van der Waals surface area contributed by atoms with Crippen LogP contribution in [-0.4, -0.2) is 4.98 Å². The minimum absolute atomic E-state index is 0.540. The van der Waals surface area contributed by atoms with Gasteiger partial charge in [-0.3, -0.25) is 0 Å². The van der Waals surface area contributed by atoms with Crippen molar-refractivity contribution in [3.63, 3.8) is 0 Å². The fourth-order valence-electron chi connectivity index (χ4n) is 0.867. The molecule has 0 unspecified atom stereocenters. The largest absolute Gasteiger partial charge is 0.389 e. The first-order valence-corrected chi connectivity index (χ1v) is 4.69. The first kappa shape index (κ1) is 8.81. The number of anilines is 1. The molecule has 1 rings (SSSR count). The molecular weight excluding hydrogens is 180 g/mol. The highest BCUT2D eigenvalue weighted by molar-refractivity contribution is 7.19. The fourth-order valence-corrected chi connectivity index (χ4v) is 1.80. The molecule has 0 amide bonds. The van der Waals surface area contributed by atoms with Gasteiger partial charge in [0.2, 0.25) is 0 Å². The number of nitrogens with two attached hydrogens (primary N) is 1. The number of hydrogen-bond acceptors (Lipinski definition) is 3. The Balaban J connectivity index is 2.77. The van der Waals surface area contributed by atoms with Crippen LogP contribution in [-0.2, 0) is 6.42 Å². The Labute approximate surface area is 75.4 Å². The van der Waals surface area contributed by atoms with Crippen LogP contribution in [0.3, 0.4) is 0 Å². The van der Waals surface area contributed by atoms with Gasteiger partial charge in [-0.15, -0.1) is 0 Å². The van der Waals surface area contributed by atoms with Gasteiger partial charge in [0.25, 0.3) is 0 Å². The van der Waals surface area contributed by atoms with Gasteiger partial charge in [-0.2, -0.15) is 0 Å². The Kier molecular flexibility index (Phi) is 2.73. The Morgan fingerprint density at radius 2 is 2.27 bits per heavy atom. The summed E-state index contributed by atoms with van der Waals surface area (Å²) in [6.45, 7) is 4.26. The molecule has 0 radical (unpaired) electrons.